The average Bonchev–Trinajstić information content (AvgIpc) is 3.12. The molecule has 4 rings (SSSR count). The molecule has 1 aromatic rings. The Balaban J connectivity index is 1.52. The Morgan fingerprint density at radius 2 is 1.93 bits per heavy atom. The van der Waals surface area contributed by atoms with Crippen LogP contribution in [0.15, 0.2) is 41.6 Å². The average molecular weight is 402 g/mol. The third-order valence-electron chi connectivity index (χ3n) is 5.79. The van der Waals surface area contributed by atoms with E-state index in [1.807, 2.05) is 6.07 Å². The second-order valence-corrected chi connectivity index (χ2v) is 9.02. The first-order chi connectivity index (χ1) is 13.4. The molecule has 8 heteroatoms. The molecule has 1 unspecified atom stereocenters. The summed E-state index contributed by atoms with van der Waals surface area (Å²) in [7, 11) is 2.15. The van der Waals surface area contributed by atoms with E-state index in [-0.39, 0.29) is 22.9 Å². The van der Waals surface area contributed by atoms with Crippen molar-refractivity contribution < 1.29 is 24.0 Å². The molecule has 2 atom stereocenters. The van der Waals surface area contributed by atoms with Gasteiger partial charge in [-0.25, -0.2) is 4.79 Å². The highest BCUT2D eigenvalue weighted by Gasteiger charge is 2.54. The van der Waals surface area contributed by atoms with E-state index in [0.29, 0.717) is 17.9 Å². The minimum absolute atomic E-state index is 0.116. The summed E-state index contributed by atoms with van der Waals surface area (Å²) >= 11 is 1.53. The summed E-state index contributed by atoms with van der Waals surface area (Å²) in [6.45, 7) is 2.73. The second-order valence-electron chi connectivity index (χ2n) is 7.92. The third-order valence-corrected chi connectivity index (χ3v) is 7.13. The van der Waals surface area contributed by atoms with E-state index < -0.39 is 12.0 Å². The quantitative estimate of drug-likeness (QED) is 0.572. The van der Waals surface area contributed by atoms with Crippen LogP contribution in [-0.4, -0.2) is 76.1 Å². The number of likely N-dealkylation sites (N-methyl/N-ethyl adjacent to an activating group) is 1. The van der Waals surface area contributed by atoms with Crippen molar-refractivity contribution in [1.82, 2.24) is 10.2 Å². The number of carbonyl (C=O) groups is 3. The molecule has 2 fully saturated rings. The van der Waals surface area contributed by atoms with Crippen LogP contribution in [0.4, 0.5) is 0 Å². The van der Waals surface area contributed by atoms with Crippen molar-refractivity contribution >= 4 is 29.5 Å². The largest absolute Gasteiger partial charge is 0.477 e. The van der Waals surface area contributed by atoms with Crippen molar-refractivity contribution in [2.45, 2.75) is 24.3 Å². The summed E-state index contributed by atoms with van der Waals surface area (Å²) in [6, 6.07) is 8.02. The van der Waals surface area contributed by atoms with Gasteiger partial charge >= 0.3 is 5.97 Å². The van der Waals surface area contributed by atoms with E-state index in [9.17, 15) is 19.5 Å². The fourth-order valence-electron chi connectivity index (χ4n) is 4.34. The summed E-state index contributed by atoms with van der Waals surface area (Å²) in [6.07, 6.45) is 2.30. The van der Waals surface area contributed by atoms with Gasteiger partial charge < -0.3 is 14.9 Å². The predicted octanol–water partition coefficient (Wildman–Crippen LogP) is 1.28. The Bertz CT molecular complexity index is 848. The SMILES string of the molecule is C[N+]1(CC2=C(C(=O)O)N3C(=O)C(NC(=O)c4ccccc4)[C@H]3SC2)CCCC1. The fourth-order valence-corrected chi connectivity index (χ4v) is 5.67. The monoisotopic (exact) mass is 402 g/mol. The van der Waals surface area contributed by atoms with Crippen molar-refractivity contribution in [3.8, 4) is 0 Å². The fraction of sp³-hybridized carbons (Fsp3) is 0.450. The third kappa shape index (κ3) is 3.31. The molecule has 2 N–H and O–H groups in total. The van der Waals surface area contributed by atoms with E-state index in [0.717, 1.165) is 36.0 Å². The smallest absolute Gasteiger partial charge is 0.352 e. The number of amides is 2. The van der Waals surface area contributed by atoms with Crippen LogP contribution < -0.4 is 5.32 Å². The number of rotatable bonds is 5. The molecule has 0 bridgehead atoms. The molecule has 0 aliphatic carbocycles. The molecular formula is C20H24N3O4S+. The number of carboxylic acids is 1. The molecule has 0 saturated carbocycles. The molecule has 148 valence electrons. The Hall–Kier alpha value is -2.32. The number of β-lactam (4-membered cyclic amide) rings is 1. The molecule has 1 aromatic carbocycles. The number of nitrogens with one attached hydrogen (secondary N) is 1. The number of thioether (sulfide) groups is 1. The molecule has 0 spiro atoms. The predicted molar refractivity (Wildman–Crippen MR) is 105 cm³/mol. The van der Waals surface area contributed by atoms with Crippen molar-refractivity contribution in [1.29, 1.82) is 0 Å². The van der Waals surface area contributed by atoms with Gasteiger partial charge in [-0.2, -0.15) is 0 Å². The zero-order valence-electron chi connectivity index (χ0n) is 15.8. The number of carboxylic acid groups (broad SMARTS) is 1. The number of aliphatic carboxylic acids is 1. The van der Waals surface area contributed by atoms with Gasteiger partial charge in [0.1, 0.15) is 23.7 Å². The van der Waals surface area contributed by atoms with Crippen LogP contribution in [0.5, 0.6) is 0 Å². The first kappa shape index (κ1) is 19.0. The van der Waals surface area contributed by atoms with Crippen LogP contribution in [0.1, 0.15) is 23.2 Å². The molecule has 0 radical (unpaired) electrons. The Kier molecular flexibility index (Phi) is 4.93. The maximum Gasteiger partial charge on any atom is 0.352 e. The molecule has 3 aliphatic rings. The van der Waals surface area contributed by atoms with Gasteiger partial charge in [-0.3, -0.25) is 14.5 Å². The molecule has 0 aromatic heterocycles. The number of nitrogens with zero attached hydrogens (tertiary/aromatic N) is 2. The standard InChI is InChI=1S/C20H23N3O4S/c1-23(9-5-6-10-23)11-14-12-28-19-15(18(25)22(19)16(14)20(26)27)21-17(24)13-7-3-2-4-8-13/h2-4,7-8,15,19H,5-6,9-12H2,1H3,(H-,21,24,26,27)/p+1/t15?,19-/m1/s1. The highest BCUT2D eigenvalue weighted by molar-refractivity contribution is 8.00. The van der Waals surface area contributed by atoms with E-state index in [2.05, 4.69) is 12.4 Å². The summed E-state index contributed by atoms with van der Waals surface area (Å²) < 4.78 is 0.827. The first-order valence-corrected chi connectivity index (χ1v) is 10.5. The van der Waals surface area contributed by atoms with Gasteiger partial charge in [0.05, 0.1) is 20.1 Å². The van der Waals surface area contributed by atoms with Crippen LogP contribution >= 0.6 is 11.8 Å². The lowest BCUT2D eigenvalue weighted by Gasteiger charge is -2.49. The zero-order valence-corrected chi connectivity index (χ0v) is 16.6. The van der Waals surface area contributed by atoms with Gasteiger partial charge in [0.25, 0.3) is 11.8 Å². The molecule has 28 heavy (non-hydrogen) atoms. The number of likely N-dealkylation sites (tertiary alicyclic amines) is 1. The molecular weight excluding hydrogens is 378 g/mol. The lowest BCUT2D eigenvalue weighted by Crippen LogP contribution is -2.70. The van der Waals surface area contributed by atoms with E-state index >= 15 is 0 Å². The molecule has 3 aliphatic heterocycles. The van der Waals surface area contributed by atoms with E-state index in [4.69, 9.17) is 0 Å². The summed E-state index contributed by atoms with van der Waals surface area (Å²) in [4.78, 5) is 38.5. The minimum atomic E-state index is -1.06. The number of fused-ring (bicyclic) bond motifs is 1. The Morgan fingerprint density at radius 1 is 1.25 bits per heavy atom. The lowest BCUT2D eigenvalue weighted by molar-refractivity contribution is -0.893. The Morgan fingerprint density at radius 3 is 2.57 bits per heavy atom. The minimum Gasteiger partial charge on any atom is -0.477 e. The van der Waals surface area contributed by atoms with Crippen LogP contribution in [0.2, 0.25) is 0 Å². The first-order valence-electron chi connectivity index (χ1n) is 9.49. The maximum absolute atomic E-state index is 12.7. The van der Waals surface area contributed by atoms with Gasteiger partial charge in [-0.15, -0.1) is 11.8 Å². The van der Waals surface area contributed by atoms with Crippen molar-refractivity contribution in [3.05, 3.63) is 47.2 Å². The normalized spacial score (nSPS) is 25.9. The van der Waals surface area contributed by atoms with Gasteiger partial charge in [0.2, 0.25) is 0 Å². The Labute approximate surface area is 168 Å². The maximum atomic E-state index is 12.7. The summed E-state index contributed by atoms with van der Waals surface area (Å²) in [5, 5.41) is 12.2. The topological polar surface area (TPSA) is 86.7 Å². The highest BCUT2D eigenvalue weighted by atomic mass is 32.2. The van der Waals surface area contributed by atoms with Crippen molar-refractivity contribution in [2.75, 3.05) is 32.4 Å². The molecule has 3 heterocycles. The molecule has 7 nitrogen and oxygen atoms in total. The second kappa shape index (κ2) is 7.25. The number of hydrogen-bond donors (Lipinski definition) is 2. The van der Waals surface area contributed by atoms with Crippen LogP contribution in [0.3, 0.4) is 0 Å². The number of carbonyl (C=O) groups excluding carboxylic acids is 2. The number of quaternary nitrogens is 1. The van der Waals surface area contributed by atoms with Crippen LogP contribution in [0, 0.1) is 0 Å². The van der Waals surface area contributed by atoms with Crippen molar-refractivity contribution in [2.24, 2.45) is 0 Å². The zero-order chi connectivity index (χ0) is 19.9. The van der Waals surface area contributed by atoms with Gasteiger partial charge in [-0.05, 0) is 12.1 Å². The molecule has 2 amide bonds. The van der Waals surface area contributed by atoms with E-state index in [1.165, 1.54) is 16.7 Å². The number of benzene rings is 1. The van der Waals surface area contributed by atoms with Crippen LogP contribution in [-0.2, 0) is 9.59 Å². The summed E-state index contributed by atoms with van der Waals surface area (Å²) in [5.74, 6) is -1.16. The van der Waals surface area contributed by atoms with Crippen molar-refractivity contribution in [3.63, 3.8) is 0 Å². The number of hydrogen-bond acceptors (Lipinski definition) is 4. The van der Waals surface area contributed by atoms with Gasteiger partial charge in [0, 0.05) is 29.7 Å². The van der Waals surface area contributed by atoms with Crippen LogP contribution in [0.25, 0.3) is 0 Å². The highest BCUT2D eigenvalue weighted by Crippen LogP contribution is 2.41. The lowest BCUT2D eigenvalue weighted by atomic mass is 10.0. The van der Waals surface area contributed by atoms with Gasteiger partial charge in [0.15, 0.2) is 0 Å². The van der Waals surface area contributed by atoms with Gasteiger partial charge in [-0.1, -0.05) is 18.2 Å². The van der Waals surface area contributed by atoms with E-state index in [1.54, 1.807) is 24.3 Å². The molecule has 2 saturated heterocycles. The summed E-state index contributed by atoms with van der Waals surface area (Å²) in [5.41, 5.74) is 1.42.